The number of benzene rings is 6. The quantitative estimate of drug-likeness (QED) is 0.130. The first kappa shape index (κ1) is 35.3. The molecule has 10 rings (SSSR count). The van der Waals surface area contributed by atoms with Gasteiger partial charge >= 0.3 is 0 Å². The van der Waals surface area contributed by atoms with Crippen LogP contribution in [0.15, 0.2) is 150 Å². The second-order valence-corrected chi connectivity index (χ2v) is 19.4. The number of fused-ring (bicyclic) bond motifs is 8. The van der Waals surface area contributed by atoms with Crippen LogP contribution in [-0.2, 0) is 20.1 Å². The van der Waals surface area contributed by atoms with Crippen molar-refractivity contribution in [3.63, 3.8) is 0 Å². The van der Waals surface area contributed by atoms with Gasteiger partial charge in [0.15, 0.2) is 0 Å². The molecule has 0 atom stereocenters. The second kappa shape index (κ2) is 14.3. The Hall–Kier alpha value is -5.72. The van der Waals surface area contributed by atoms with Gasteiger partial charge in [-0.15, -0.1) is 54.1 Å². The zero-order valence-corrected chi connectivity index (χ0v) is 33.8. The number of hydrogen-bond acceptors (Lipinski definition) is 4. The van der Waals surface area contributed by atoms with Crippen LogP contribution in [0.2, 0.25) is 19.6 Å². The van der Waals surface area contributed by atoms with Gasteiger partial charge in [0.1, 0.15) is 5.58 Å². The molecule has 5 nitrogen and oxygen atoms in total. The number of rotatable bonds is 4. The van der Waals surface area contributed by atoms with E-state index in [0.29, 0.717) is 0 Å². The summed E-state index contributed by atoms with van der Waals surface area (Å²) in [4.78, 5) is 14.6. The molecule has 0 amide bonds. The summed E-state index contributed by atoms with van der Waals surface area (Å²) in [5.41, 5.74) is 9.37. The van der Waals surface area contributed by atoms with Crippen LogP contribution in [0.5, 0.6) is 0 Å². The molecule has 6 aromatic carbocycles. The molecule has 0 fully saturated rings. The summed E-state index contributed by atoms with van der Waals surface area (Å²) in [6, 6.07) is 54.2. The number of pyridine rings is 2. The first-order chi connectivity index (χ1) is 25.8. The van der Waals surface area contributed by atoms with Crippen LogP contribution in [0.1, 0.15) is 5.69 Å². The summed E-state index contributed by atoms with van der Waals surface area (Å²) < 4.78 is 8.88. The largest absolute Gasteiger partial charge is 0.500 e. The average Bonchev–Trinajstić information content (AvgIpc) is 3.79. The van der Waals surface area contributed by atoms with Gasteiger partial charge < -0.3 is 14.0 Å². The Morgan fingerprint density at radius 3 is 2.13 bits per heavy atom. The molecule has 1 radical (unpaired) electrons. The molecule has 54 heavy (non-hydrogen) atoms. The van der Waals surface area contributed by atoms with Gasteiger partial charge in [-0.3, -0.25) is 9.97 Å². The van der Waals surface area contributed by atoms with Crippen molar-refractivity contribution in [2.45, 2.75) is 26.6 Å². The summed E-state index contributed by atoms with van der Waals surface area (Å²) in [6.07, 6.45) is 2.02. The number of imidazole rings is 1. The van der Waals surface area contributed by atoms with Crippen LogP contribution < -0.4 is 5.19 Å². The minimum Gasteiger partial charge on any atom is -0.500 e. The van der Waals surface area contributed by atoms with Gasteiger partial charge in [-0.1, -0.05) is 116 Å². The molecule has 0 spiro atoms. The Bertz CT molecular complexity index is 2930. The van der Waals surface area contributed by atoms with E-state index in [1.807, 2.05) is 55.6 Å². The molecule has 0 N–H and O–H groups in total. The SMILES string of the molecule is C[Si](C)(C)c1ccc(-c2[c-]cccc2)nc1.Cc1nc2ccccc2c2c1nc(-c1[c-]ccc3c1oc1c4ccccc4ccc31)n2-c1ccccc1.[Ir]. The molecule has 10 aromatic rings. The number of para-hydroxylation sites is 2. The van der Waals surface area contributed by atoms with Crippen molar-refractivity contribution < 1.29 is 24.5 Å². The number of hydrogen-bond donors (Lipinski definition) is 0. The van der Waals surface area contributed by atoms with E-state index < -0.39 is 8.07 Å². The fraction of sp³-hybridized carbons (Fsp3) is 0.0851. The zero-order valence-electron chi connectivity index (χ0n) is 30.4. The van der Waals surface area contributed by atoms with Gasteiger partial charge in [0, 0.05) is 48.1 Å². The maximum absolute atomic E-state index is 6.66. The maximum Gasteiger partial charge on any atom is 0.128 e. The monoisotopic (exact) mass is 893 g/mol. The Labute approximate surface area is 328 Å². The summed E-state index contributed by atoms with van der Waals surface area (Å²) in [5.74, 6) is 0.788. The van der Waals surface area contributed by atoms with Crippen molar-refractivity contribution in [1.82, 2.24) is 19.5 Å². The number of nitrogens with zero attached hydrogens (tertiary/aromatic N) is 4. The van der Waals surface area contributed by atoms with E-state index in [0.717, 1.165) is 88.7 Å². The minimum absolute atomic E-state index is 0. The topological polar surface area (TPSA) is 56.7 Å². The second-order valence-electron chi connectivity index (χ2n) is 14.3. The summed E-state index contributed by atoms with van der Waals surface area (Å²) in [6.45, 7) is 9.02. The van der Waals surface area contributed by atoms with E-state index in [9.17, 15) is 0 Å². The van der Waals surface area contributed by atoms with Gasteiger partial charge in [0.25, 0.3) is 0 Å². The Morgan fingerprint density at radius 2 is 1.37 bits per heavy atom. The summed E-state index contributed by atoms with van der Waals surface area (Å²) in [5, 5.41) is 6.87. The first-order valence-electron chi connectivity index (χ1n) is 17.9. The molecule has 4 aromatic heterocycles. The first-order valence-corrected chi connectivity index (χ1v) is 21.4. The molecule has 0 bridgehead atoms. The van der Waals surface area contributed by atoms with Crippen LogP contribution in [0.25, 0.3) is 83.0 Å². The van der Waals surface area contributed by atoms with Crippen molar-refractivity contribution in [3.8, 4) is 28.3 Å². The van der Waals surface area contributed by atoms with Crippen LogP contribution >= 0.6 is 0 Å². The number of furan rings is 1. The van der Waals surface area contributed by atoms with E-state index >= 15 is 0 Å². The van der Waals surface area contributed by atoms with Crippen molar-refractivity contribution in [3.05, 3.63) is 164 Å². The molecule has 0 saturated carbocycles. The maximum atomic E-state index is 6.66. The molecule has 7 heteroatoms. The summed E-state index contributed by atoms with van der Waals surface area (Å²) >= 11 is 0. The fourth-order valence-corrected chi connectivity index (χ4v) is 8.14. The van der Waals surface area contributed by atoms with Gasteiger partial charge in [-0.2, -0.15) is 0 Å². The molecular formula is C47H36IrN4OSi-2. The third kappa shape index (κ3) is 6.24. The van der Waals surface area contributed by atoms with Gasteiger partial charge in [0.05, 0.1) is 41.7 Å². The van der Waals surface area contributed by atoms with Crippen molar-refractivity contribution in [2.24, 2.45) is 0 Å². The normalized spacial score (nSPS) is 11.6. The standard InChI is InChI=1S/C33H20N3O.C14H16NSi.Ir/c1-20-29-30(26-14-7-8-17-28(26)34-20)36(22-11-3-2-4-12-22)33(35-29)27-16-9-15-24-25-19-18-21-10-5-6-13-23(21)31(25)37-32(24)27;1-16(2,3)13-9-10-14(15-11-13)12-7-5-4-6-8-12;/h2-15,17-19H,1H3;4-7,9-11H,1-3H3;/q2*-1;. The van der Waals surface area contributed by atoms with Crippen LogP contribution in [0, 0.1) is 19.1 Å². The smallest absolute Gasteiger partial charge is 0.128 e. The molecule has 0 aliphatic carbocycles. The number of aryl methyl sites for hydroxylation is 1. The third-order valence-electron chi connectivity index (χ3n) is 9.84. The van der Waals surface area contributed by atoms with Crippen LogP contribution in [-0.4, -0.2) is 27.6 Å². The van der Waals surface area contributed by atoms with Gasteiger partial charge in [-0.05, 0) is 41.4 Å². The molecule has 0 aliphatic heterocycles. The van der Waals surface area contributed by atoms with Crippen molar-refractivity contribution in [1.29, 1.82) is 0 Å². The van der Waals surface area contributed by atoms with E-state index in [4.69, 9.17) is 14.4 Å². The molecule has 265 valence electrons. The van der Waals surface area contributed by atoms with Crippen LogP contribution in [0.3, 0.4) is 0 Å². The Morgan fingerprint density at radius 1 is 0.630 bits per heavy atom. The van der Waals surface area contributed by atoms with E-state index in [-0.39, 0.29) is 20.1 Å². The molecule has 0 saturated heterocycles. The fourth-order valence-electron chi connectivity index (χ4n) is 7.11. The van der Waals surface area contributed by atoms with Gasteiger partial charge in [0.2, 0.25) is 0 Å². The minimum atomic E-state index is -1.23. The molecule has 0 aliphatic rings. The molecular weight excluding hydrogens is 857 g/mol. The summed E-state index contributed by atoms with van der Waals surface area (Å²) in [7, 11) is -1.23. The zero-order chi connectivity index (χ0) is 36.1. The predicted octanol–water partition coefficient (Wildman–Crippen LogP) is 11.5. The molecule has 4 heterocycles. The Balaban J connectivity index is 0.000000206. The van der Waals surface area contributed by atoms with E-state index in [1.54, 1.807) is 0 Å². The van der Waals surface area contributed by atoms with Crippen molar-refractivity contribution >= 4 is 67.9 Å². The average molecular weight is 893 g/mol. The van der Waals surface area contributed by atoms with E-state index in [2.05, 4.69) is 138 Å². The van der Waals surface area contributed by atoms with E-state index in [1.165, 1.54) is 5.19 Å². The predicted molar refractivity (Wildman–Crippen MR) is 222 cm³/mol. The number of aromatic nitrogens is 4. The molecule has 0 unspecified atom stereocenters. The third-order valence-corrected chi connectivity index (χ3v) is 11.9. The van der Waals surface area contributed by atoms with Crippen molar-refractivity contribution in [2.75, 3.05) is 0 Å². The van der Waals surface area contributed by atoms with Crippen LogP contribution in [0.4, 0.5) is 0 Å². The van der Waals surface area contributed by atoms with Gasteiger partial charge in [-0.25, -0.2) is 0 Å². The Kier molecular flexibility index (Phi) is 9.32.